The number of carbonyl (C=O) groups is 1. The van der Waals surface area contributed by atoms with E-state index in [0.29, 0.717) is 0 Å². The Hall–Kier alpha value is -1.95. The van der Waals surface area contributed by atoms with Crippen molar-refractivity contribution >= 4 is 11.6 Å². The van der Waals surface area contributed by atoms with E-state index in [1.165, 1.54) is 0 Å². The molecule has 3 nitrogen and oxygen atoms in total. The monoisotopic (exact) mass is 242 g/mol. The first-order valence-corrected chi connectivity index (χ1v) is 6.39. The van der Waals surface area contributed by atoms with Crippen molar-refractivity contribution in [1.82, 2.24) is 5.32 Å². The van der Waals surface area contributed by atoms with Gasteiger partial charge in [-0.2, -0.15) is 0 Å². The number of nitrogens with one attached hydrogen (secondary N) is 2. The molecule has 1 atom stereocenters. The van der Waals surface area contributed by atoms with E-state index in [1.54, 1.807) is 0 Å². The molecule has 0 radical (unpaired) electrons. The van der Waals surface area contributed by atoms with Crippen molar-refractivity contribution in [2.45, 2.75) is 32.2 Å². The Bertz CT molecular complexity index is 488. The van der Waals surface area contributed by atoms with Crippen LogP contribution >= 0.6 is 0 Å². The van der Waals surface area contributed by atoms with Crippen molar-refractivity contribution in [3.8, 4) is 12.3 Å². The Morgan fingerprint density at radius 1 is 1.61 bits per heavy atom. The number of amides is 1. The van der Waals surface area contributed by atoms with E-state index in [9.17, 15) is 4.79 Å². The maximum atomic E-state index is 12.2. The summed E-state index contributed by atoms with van der Waals surface area (Å²) in [6, 6.07) is 5.60. The largest absolute Gasteiger partial charge is 0.385 e. The molecule has 0 spiro atoms. The fourth-order valence-corrected chi connectivity index (χ4v) is 2.22. The molecule has 1 aliphatic heterocycles. The highest BCUT2D eigenvalue weighted by molar-refractivity contribution is 5.97. The predicted molar refractivity (Wildman–Crippen MR) is 73.6 cm³/mol. The second kappa shape index (κ2) is 5.59. The van der Waals surface area contributed by atoms with Gasteiger partial charge in [0.25, 0.3) is 5.91 Å². The molecule has 1 unspecified atom stereocenters. The lowest BCUT2D eigenvalue weighted by Gasteiger charge is -2.21. The van der Waals surface area contributed by atoms with E-state index in [0.717, 1.165) is 42.6 Å². The number of rotatable bonds is 3. The third-order valence-corrected chi connectivity index (χ3v) is 3.25. The van der Waals surface area contributed by atoms with Gasteiger partial charge in [-0.15, -0.1) is 6.42 Å². The molecular formula is C15H18N2O. The van der Waals surface area contributed by atoms with Crippen molar-refractivity contribution in [1.29, 1.82) is 0 Å². The van der Waals surface area contributed by atoms with Crippen LogP contribution in [0.5, 0.6) is 0 Å². The van der Waals surface area contributed by atoms with E-state index in [1.807, 2.05) is 25.1 Å². The van der Waals surface area contributed by atoms with Gasteiger partial charge in [0.2, 0.25) is 0 Å². The van der Waals surface area contributed by atoms with Gasteiger partial charge >= 0.3 is 0 Å². The van der Waals surface area contributed by atoms with Crippen LogP contribution in [0.3, 0.4) is 0 Å². The van der Waals surface area contributed by atoms with Gasteiger partial charge in [0.05, 0.1) is 6.04 Å². The molecule has 0 bridgehead atoms. The molecule has 0 aromatic heterocycles. The first kappa shape index (κ1) is 12.5. The fourth-order valence-electron chi connectivity index (χ4n) is 2.22. The van der Waals surface area contributed by atoms with Crippen LogP contribution in [0, 0.1) is 12.3 Å². The zero-order valence-corrected chi connectivity index (χ0v) is 10.6. The molecule has 1 aliphatic rings. The fraction of sp³-hybridized carbons (Fsp3) is 0.400. The quantitative estimate of drug-likeness (QED) is 0.798. The summed E-state index contributed by atoms with van der Waals surface area (Å²) < 4.78 is 0. The normalized spacial score (nSPS) is 14.9. The summed E-state index contributed by atoms with van der Waals surface area (Å²) in [5, 5.41) is 6.20. The minimum Gasteiger partial charge on any atom is -0.385 e. The van der Waals surface area contributed by atoms with Crippen LogP contribution in [0.2, 0.25) is 0 Å². The molecule has 1 heterocycles. The Labute approximate surface area is 108 Å². The summed E-state index contributed by atoms with van der Waals surface area (Å²) in [4.78, 5) is 12.2. The third-order valence-electron chi connectivity index (χ3n) is 3.25. The van der Waals surface area contributed by atoms with Crippen molar-refractivity contribution in [2.24, 2.45) is 0 Å². The van der Waals surface area contributed by atoms with Crippen LogP contribution in [0.15, 0.2) is 18.2 Å². The molecule has 3 heteroatoms. The number of benzene rings is 1. The lowest BCUT2D eigenvalue weighted by Crippen LogP contribution is -2.34. The molecule has 1 aromatic rings. The molecule has 1 aromatic carbocycles. The van der Waals surface area contributed by atoms with Gasteiger partial charge in [-0.1, -0.05) is 18.9 Å². The minimum atomic E-state index is -0.190. The molecule has 0 saturated heterocycles. The zero-order valence-electron chi connectivity index (χ0n) is 10.6. The van der Waals surface area contributed by atoms with Gasteiger partial charge in [0, 0.05) is 17.8 Å². The number of terminal acetylenes is 1. The minimum absolute atomic E-state index is 0.0691. The second-order valence-corrected chi connectivity index (χ2v) is 4.46. The highest BCUT2D eigenvalue weighted by atomic mass is 16.1. The van der Waals surface area contributed by atoms with Gasteiger partial charge in [-0.3, -0.25) is 4.79 Å². The van der Waals surface area contributed by atoms with Crippen molar-refractivity contribution in [3.63, 3.8) is 0 Å². The summed E-state index contributed by atoms with van der Waals surface area (Å²) in [5.74, 6) is 2.52. The highest BCUT2D eigenvalue weighted by Gasteiger charge is 2.18. The average molecular weight is 242 g/mol. The number of fused-ring (bicyclic) bond motifs is 1. The van der Waals surface area contributed by atoms with Crippen LogP contribution < -0.4 is 10.6 Å². The molecule has 2 rings (SSSR count). The Morgan fingerprint density at radius 2 is 2.44 bits per heavy atom. The van der Waals surface area contributed by atoms with Gasteiger partial charge in [0.1, 0.15) is 0 Å². The Morgan fingerprint density at radius 3 is 3.17 bits per heavy atom. The highest BCUT2D eigenvalue weighted by Crippen LogP contribution is 2.25. The van der Waals surface area contributed by atoms with E-state index in [4.69, 9.17) is 6.42 Å². The number of hydrogen-bond acceptors (Lipinski definition) is 2. The summed E-state index contributed by atoms with van der Waals surface area (Å²) in [5.41, 5.74) is 2.92. The van der Waals surface area contributed by atoms with Gasteiger partial charge in [-0.05, 0) is 37.0 Å². The lowest BCUT2D eigenvalue weighted by atomic mass is 9.97. The molecule has 0 fully saturated rings. The van der Waals surface area contributed by atoms with Crippen molar-refractivity contribution < 1.29 is 4.79 Å². The van der Waals surface area contributed by atoms with Crippen LogP contribution in [0.25, 0.3) is 0 Å². The van der Waals surface area contributed by atoms with Crippen LogP contribution in [0.4, 0.5) is 5.69 Å². The van der Waals surface area contributed by atoms with E-state index >= 15 is 0 Å². The third kappa shape index (κ3) is 2.48. The summed E-state index contributed by atoms with van der Waals surface area (Å²) >= 11 is 0. The number of anilines is 1. The van der Waals surface area contributed by atoms with Crippen LogP contribution in [-0.2, 0) is 6.42 Å². The van der Waals surface area contributed by atoms with Gasteiger partial charge < -0.3 is 10.6 Å². The molecular weight excluding hydrogens is 224 g/mol. The first-order valence-electron chi connectivity index (χ1n) is 6.39. The van der Waals surface area contributed by atoms with E-state index < -0.39 is 0 Å². The van der Waals surface area contributed by atoms with Crippen molar-refractivity contribution in [2.75, 3.05) is 11.9 Å². The Kier molecular flexibility index (Phi) is 3.88. The molecule has 0 aliphatic carbocycles. The van der Waals surface area contributed by atoms with Crippen molar-refractivity contribution in [3.05, 3.63) is 29.3 Å². The SMILES string of the molecule is C#CC(CC)NC(=O)c1cccc2c1CCCN2. The summed E-state index contributed by atoms with van der Waals surface area (Å²) in [6.45, 7) is 2.94. The lowest BCUT2D eigenvalue weighted by molar-refractivity contribution is 0.0944. The van der Waals surface area contributed by atoms with E-state index in [-0.39, 0.29) is 11.9 Å². The van der Waals surface area contributed by atoms with Crippen LogP contribution in [-0.4, -0.2) is 18.5 Å². The molecule has 1 amide bonds. The van der Waals surface area contributed by atoms with Gasteiger partial charge in [-0.25, -0.2) is 0 Å². The summed E-state index contributed by atoms with van der Waals surface area (Å²) in [6.07, 6.45) is 8.12. The molecule has 18 heavy (non-hydrogen) atoms. The number of hydrogen-bond donors (Lipinski definition) is 2. The van der Waals surface area contributed by atoms with Gasteiger partial charge in [0.15, 0.2) is 0 Å². The Balaban J connectivity index is 2.23. The molecule has 94 valence electrons. The smallest absolute Gasteiger partial charge is 0.252 e. The molecule has 2 N–H and O–H groups in total. The topological polar surface area (TPSA) is 41.1 Å². The average Bonchev–Trinajstić information content (AvgIpc) is 2.43. The maximum absolute atomic E-state index is 12.2. The summed E-state index contributed by atoms with van der Waals surface area (Å²) in [7, 11) is 0. The number of carbonyl (C=O) groups excluding carboxylic acids is 1. The zero-order chi connectivity index (χ0) is 13.0. The predicted octanol–water partition coefficient (Wildman–Crippen LogP) is 2.19. The van der Waals surface area contributed by atoms with Crippen LogP contribution in [0.1, 0.15) is 35.7 Å². The van der Waals surface area contributed by atoms with E-state index in [2.05, 4.69) is 16.6 Å². The second-order valence-electron chi connectivity index (χ2n) is 4.46. The molecule has 0 saturated carbocycles. The first-order chi connectivity index (χ1) is 8.76. The maximum Gasteiger partial charge on any atom is 0.252 e. The standard InChI is InChI=1S/C15H18N2O/c1-3-11(4-2)17-15(18)13-7-5-9-14-12(13)8-6-10-16-14/h1,5,7,9,11,16H,4,6,8,10H2,2H3,(H,17,18).